The molecule has 0 amide bonds. The zero-order valence-corrected chi connectivity index (χ0v) is 13.2. The van der Waals surface area contributed by atoms with Crippen LogP contribution in [0.1, 0.15) is 37.8 Å². The van der Waals surface area contributed by atoms with Gasteiger partial charge in [-0.1, -0.05) is 6.92 Å². The molecule has 2 heterocycles. The number of aryl methyl sites for hydroxylation is 1. The lowest BCUT2D eigenvalue weighted by Crippen LogP contribution is -2.52. The molecule has 0 aliphatic carbocycles. The van der Waals surface area contributed by atoms with Crippen LogP contribution in [0.15, 0.2) is 16.5 Å². The fourth-order valence-electron chi connectivity index (χ4n) is 2.88. The largest absolute Gasteiger partial charge is 0.465 e. The third-order valence-electron chi connectivity index (χ3n) is 4.01. The van der Waals surface area contributed by atoms with E-state index in [1.165, 1.54) is 0 Å². The standard InChI is InChI=1S/C14H24N2O3S/c1-4-12(15)14(13-6-5-11(3)19-13)16-7-8-20(17,18)9-10(16)2/h5-6,10,12,14H,4,7-9,15H2,1-3H3. The van der Waals surface area contributed by atoms with Gasteiger partial charge in [0.05, 0.1) is 17.5 Å². The first-order valence-corrected chi connectivity index (χ1v) is 8.94. The molecular weight excluding hydrogens is 276 g/mol. The Bertz CT molecular complexity index is 553. The average Bonchev–Trinajstić information content (AvgIpc) is 2.77. The lowest BCUT2D eigenvalue weighted by atomic mass is 10.0. The molecule has 0 spiro atoms. The van der Waals surface area contributed by atoms with E-state index >= 15 is 0 Å². The second-order valence-electron chi connectivity index (χ2n) is 5.67. The first-order valence-electron chi connectivity index (χ1n) is 7.12. The van der Waals surface area contributed by atoms with Crippen LogP contribution in [0.2, 0.25) is 0 Å². The number of hydrogen-bond donors (Lipinski definition) is 1. The van der Waals surface area contributed by atoms with Crippen molar-refractivity contribution in [3.8, 4) is 0 Å². The van der Waals surface area contributed by atoms with Crippen LogP contribution >= 0.6 is 0 Å². The van der Waals surface area contributed by atoms with Crippen molar-refractivity contribution >= 4 is 9.84 Å². The van der Waals surface area contributed by atoms with Gasteiger partial charge in [-0.15, -0.1) is 0 Å². The number of sulfone groups is 1. The monoisotopic (exact) mass is 300 g/mol. The van der Waals surface area contributed by atoms with Crippen molar-refractivity contribution in [2.75, 3.05) is 18.1 Å². The van der Waals surface area contributed by atoms with Gasteiger partial charge in [-0.25, -0.2) is 8.42 Å². The van der Waals surface area contributed by atoms with Crippen molar-refractivity contribution in [1.29, 1.82) is 0 Å². The number of hydrogen-bond acceptors (Lipinski definition) is 5. The van der Waals surface area contributed by atoms with Gasteiger partial charge in [-0.2, -0.15) is 0 Å². The summed E-state index contributed by atoms with van der Waals surface area (Å²) >= 11 is 0. The van der Waals surface area contributed by atoms with Crippen LogP contribution in [0.3, 0.4) is 0 Å². The van der Waals surface area contributed by atoms with E-state index in [1.807, 2.05) is 32.9 Å². The van der Waals surface area contributed by atoms with Crippen LogP contribution in [0.25, 0.3) is 0 Å². The van der Waals surface area contributed by atoms with Crippen molar-refractivity contribution in [1.82, 2.24) is 4.90 Å². The Kier molecular flexibility index (Phi) is 4.56. The highest BCUT2D eigenvalue weighted by Crippen LogP contribution is 2.30. The van der Waals surface area contributed by atoms with Gasteiger partial charge in [-0.05, 0) is 32.4 Å². The summed E-state index contributed by atoms with van der Waals surface area (Å²) in [5.74, 6) is 2.08. The Balaban J connectivity index is 2.28. The fraction of sp³-hybridized carbons (Fsp3) is 0.714. The van der Waals surface area contributed by atoms with Gasteiger partial charge in [0, 0.05) is 18.6 Å². The molecule has 1 aromatic rings. The summed E-state index contributed by atoms with van der Waals surface area (Å²) in [6.07, 6.45) is 0.820. The van der Waals surface area contributed by atoms with Gasteiger partial charge in [0.1, 0.15) is 11.5 Å². The van der Waals surface area contributed by atoms with Crippen molar-refractivity contribution in [3.05, 3.63) is 23.7 Å². The molecule has 20 heavy (non-hydrogen) atoms. The number of rotatable bonds is 4. The van der Waals surface area contributed by atoms with E-state index in [-0.39, 0.29) is 29.6 Å². The van der Waals surface area contributed by atoms with Gasteiger partial charge in [0.25, 0.3) is 0 Å². The van der Waals surface area contributed by atoms with Crippen LogP contribution in [0, 0.1) is 6.92 Å². The van der Waals surface area contributed by atoms with E-state index in [4.69, 9.17) is 10.2 Å². The minimum Gasteiger partial charge on any atom is -0.465 e. The Morgan fingerprint density at radius 2 is 2.20 bits per heavy atom. The molecule has 6 heteroatoms. The topological polar surface area (TPSA) is 76.5 Å². The zero-order chi connectivity index (χ0) is 14.9. The molecule has 1 aliphatic rings. The van der Waals surface area contributed by atoms with Crippen LogP contribution in [-0.2, 0) is 9.84 Å². The highest BCUT2D eigenvalue weighted by Gasteiger charge is 2.37. The normalized spacial score (nSPS) is 26.3. The summed E-state index contributed by atoms with van der Waals surface area (Å²) in [7, 11) is -2.92. The second-order valence-corrected chi connectivity index (χ2v) is 7.90. The van der Waals surface area contributed by atoms with E-state index in [9.17, 15) is 8.42 Å². The van der Waals surface area contributed by atoms with E-state index in [2.05, 4.69) is 4.90 Å². The summed E-state index contributed by atoms with van der Waals surface area (Å²) in [4.78, 5) is 2.17. The molecule has 2 rings (SSSR count). The maximum Gasteiger partial charge on any atom is 0.153 e. The molecule has 1 saturated heterocycles. The molecule has 3 unspecified atom stereocenters. The van der Waals surface area contributed by atoms with Crippen LogP contribution < -0.4 is 5.73 Å². The number of furan rings is 1. The second kappa shape index (κ2) is 5.87. The number of nitrogens with two attached hydrogens (primary N) is 1. The molecule has 5 nitrogen and oxygen atoms in total. The molecule has 0 saturated carbocycles. The first kappa shape index (κ1) is 15.5. The van der Waals surface area contributed by atoms with Crippen molar-refractivity contribution in [2.24, 2.45) is 5.73 Å². The molecule has 3 atom stereocenters. The highest BCUT2D eigenvalue weighted by atomic mass is 32.2. The van der Waals surface area contributed by atoms with Gasteiger partial charge in [0.2, 0.25) is 0 Å². The molecule has 0 radical (unpaired) electrons. The molecule has 2 N–H and O–H groups in total. The smallest absolute Gasteiger partial charge is 0.153 e. The van der Waals surface area contributed by atoms with Gasteiger partial charge >= 0.3 is 0 Å². The Hall–Kier alpha value is -0.850. The summed E-state index contributed by atoms with van der Waals surface area (Å²) in [6.45, 7) is 6.41. The lowest BCUT2D eigenvalue weighted by Gasteiger charge is -2.40. The number of nitrogens with zero attached hydrogens (tertiary/aromatic N) is 1. The van der Waals surface area contributed by atoms with Crippen molar-refractivity contribution in [2.45, 2.75) is 45.3 Å². The van der Waals surface area contributed by atoms with Crippen LogP contribution in [0.4, 0.5) is 0 Å². The quantitative estimate of drug-likeness (QED) is 0.911. The first-order chi connectivity index (χ1) is 9.34. The van der Waals surface area contributed by atoms with E-state index in [1.54, 1.807) is 0 Å². The van der Waals surface area contributed by atoms with E-state index < -0.39 is 9.84 Å². The third-order valence-corrected chi connectivity index (χ3v) is 5.80. The average molecular weight is 300 g/mol. The van der Waals surface area contributed by atoms with Gasteiger partial charge < -0.3 is 10.2 Å². The third kappa shape index (κ3) is 3.24. The maximum atomic E-state index is 11.7. The minimum absolute atomic E-state index is 0.0400. The maximum absolute atomic E-state index is 11.7. The Morgan fingerprint density at radius 3 is 2.70 bits per heavy atom. The predicted octanol–water partition coefficient (Wildman–Crippen LogP) is 1.49. The molecule has 0 bridgehead atoms. The lowest BCUT2D eigenvalue weighted by molar-refractivity contribution is 0.116. The fourth-order valence-corrected chi connectivity index (χ4v) is 4.46. The molecule has 114 valence electrons. The van der Waals surface area contributed by atoms with Crippen molar-refractivity contribution in [3.63, 3.8) is 0 Å². The minimum atomic E-state index is -2.92. The van der Waals surface area contributed by atoms with Crippen LogP contribution in [-0.4, -0.2) is 43.5 Å². The zero-order valence-electron chi connectivity index (χ0n) is 12.4. The van der Waals surface area contributed by atoms with Gasteiger partial charge in [-0.3, -0.25) is 4.90 Å². The van der Waals surface area contributed by atoms with E-state index in [0.29, 0.717) is 6.54 Å². The van der Waals surface area contributed by atoms with Gasteiger partial charge in [0.15, 0.2) is 9.84 Å². The summed E-state index contributed by atoms with van der Waals surface area (Å²) in [6, 6.07) is 3.71. The summed E-state index contributed by atoms with van der Waals surface area (Å²) in [5, 5.41) is 0. The molecule has 1 aliphatic heterocycles. The SMILES string of the molecule is CCC(N)C(c1ccc(C)o1)N1CCS(=O)(=O)CC1C. The highest BCUT2D eigenvalue weighted by molar-refractivity contribution is 7.91. The molecule has 1 fully saturated rings. The van der Waals surface area contributed by atoms with Crippen molar-refractivity contribution < 1.29 is 12.8 Å². The summed E-state index contributed by atoms with van der Waals surface area (Å²) in [5.41, 5.74) is 6.27. The molecular formula is C14H24N2O3S. The predicted molar refractivity (Wildman–Crippen MR) is 79.3 cm³/mol. The van der Waals surface area contributed by atoms with Crippen LogP contribution in [0.5, 0.6) is 0 Å². The van der Waals surface area contributed by atoms with E-state index in [0.717, 1.165) is 17.9 Å². The molecule has 1 aromatic heterocycles. The Labute approximate surface area is 121 Å². The Morgan fingerprint density at radius 1 is 1.50 bits per heavy atom. The summed E-state index contributed by atoms with van der Waals surface area (Å²) < 4.78 is 29.2. The molecule has 0 aromatic carbocycles.